The zero-order valence-corrected chi connectivity index (χ0v) is 6.30. The van der Waals surface area contributed by atoms with Crippen molar-refractivity contribution < 1.29 is 18.3 Å². The van der Waals surface area contributed by atoms with Crippen LogP contribution in [-0.2, 0) is 4.74 Å². The highest BCUT2D eigenvalue weighted by molar-refractivity contribution is 5.89. The molecular formula is C8H6F2O2. The first-order valence-corrected chi connectivity index (χ1v) is 3.18. The molecule has 0 heterocycles. The van der Waals surface area contributed by atoms with Crippen molar-refractivity contribution in [1.29, 1.82) is 0 Å². The van der Waals surface area contributed by atoms with Gasteiger partial charge in [0.15, 0.2) is 11.6 Å². The molecule has 0 aliphatic rings. The van der Waals surface area contributed by atoms with Crippen LogP contribution in [0.1, 0.15) is 10.4 Å². The Morgan fingerprint density at radius 3 is 2.50 bits per heavy atom. The highest BCUT2D eigenvalue weighted by atomic mass is 19.1. The Bertz CT molecular complexity index is 310. The Kier molecular flexibility index (Phi) is 2.38. The molecule has 0 saturated heterocycles. The van der Waals surface area contributed by atoms with Crippen molar-refractivity contribution in [3.63, 3.8) is 0 Å². The van der Waals surface area contributed by atoms with Crippen LogP contribution in [0.5, 0.6) is 0 Å². The molecule has 0 saturated carbocycles. The van der Waals surface area contributed by atoms with Gasteiger partial charge in [0.2, 0.25) is 0 Å². The van der Waals surface area contributed by atoms with Crippen LogP contribution in [0.2, 0.25) is 0 Å². The summed E-state index contributed by atoms with van der Waals surface area (Å²) in [6, 6.07) is 2.83. The van der Waals surface area contributed by atoms with Gasteiger partial charge >= 0.3 is 5.97 Å². The number of carbonyl (C=O) groups excluding carboxylic acids is 1. The number of esters is 1. The van der Waals surface area contributed by atoms with Gasteiger partial charge in [-0.3, -0.25) is 0 Å². The third-order valence-electron chi connectivity index (χ3n) is 1.34. The lowest BCUT2D eigenvalue weighted by Gasteiger charge is -1.98. The topological polar surface area (TPSA) is 26.3 Å². The zero-order chi connectivity index (χ0) is 9.14. The van der Waals surface area contributed by atoms with Gasteiger partial charge in [0.25, 0.3) is 0 Å². The van der Waals surface area contributed by atoms with E-state index in [1.807, 2.05) is 0 Å². The molecule has 1 rings (SSSR count). The molecule has 0 amide bonds. The Morgan fingerprint density at radius 1 is 1.33 bits per heavy atom. The molecule has 1 aromatic rings. The van der Waals surface area contributed by atoms with Crippen LogP contribution in [0.4, 0.5) is 8.78 Å². The number of carbonyl (C=O) groups is 1. The van der Waals surface area contributed by atoms with Gasteiger partial charge in [-0.25, -0.2) is 13.6 Å². The van der Waals surface area contributed by atoms with Crippen molar-refractivity contribution in [2.24, 2.45) is 0 Å². The highest BCUT2D eigenvalue weighted by Gasteiger charge is 2.08. The zero-order valence-electron chi connectivity index (χ0n) is 6.30. The van der Waals surface area contributed by atoms with Crippen LogP contribution in [0, 0.1) is 11.6 Å². The summed E-state index contributed by atoms with van der Waals surface area (Å²) in [6.07, 6.45) is 0. The lowest BCUT2D eigenvalue weighted by molar-refractivity contribution is 0.0600. The van der Waals surface area contributed by atoms with E-state index in [0.717, 1.165) is 18.2 Å². The third kappa shape index (κ3) is 1.58. The van der Waals surface area contributed by atoms with Crippen LogP contribution in [0.25, 0.3) is 0 Å². The van der Waals surface area contributed by atoms with E-state index in [1.165, 1.54) is 7.11 Å². The van der Waals surface area contributed by atoms with E-state index in [4.69, 9.17) is 0 Å². The van der Waals surface area contributed by atoms with Crippen molar-refractivity contribution in [2.75, 3.05) is 7.11 Å². The van der Waals surface area contributed by atoms with E-state index < -0.39 is 17.6 Å². The molecule has 0 atom stereocenters. The van der Waals surface area contributed by atoms with Gasteiger partial charge in [-0.1, -0.05) is 0 Å². The Balaban J connectivity index is 3.05. The van der Waals surface area contributed by atoms with Gasteiger partial charge in [0.1, 0.15) is 0 Å². The second kappa shape index (κ2) is 3.30. The van der Waals surface area contributed by atoms with Crippen LogP contribution in [-0.4, -0.2) is 13.1 Å². The molecule has 0 aliphatic carbocycles. The molecule has 12 heavy (non-hydrogen) atoms. The summed E-state index contributed by atoms with van der Waals surface area (Å²) < 4.78 is 29.1. The first-order valence-electron chi connectivity index (χ1n) is 3.18. The molecular weight excluding hydrogens is 165 g/mol. The molecule has 4 heteroatoms. The largest absolute Gasteiger partial charge is 0.465 e. The highest BCUT2D eigenvalue weighted by Crippen LogP contribution is 2.09. The minimum Gasteiger partial charge on any atom is -0.465 e. The lowest BCUT2D eigenvalue weighted by atomic mass is 10.2. The minimum absolute atomic E-state index is 0.00333. The number of ether oxygens (including phenoxy) is 1. The van der Waals surface area contributed by atoms with Crippen LogP contribution in [0.15, 0.2) is 18.2 Å². The van der Waals surface area contributed by atoms with Gasteiger partial charge in [0.05, 0.1) is 12.7 Å². The summed E-state index contributed by atoms with van der Waals surface area (Å²) in [7, 11) is 1.17. The Labute approximate surface area is 67.8 Å². The summed E-state index contributed by atoms with van der Waals surface area (Å²) >= 11 is 0. The fourth-order valence-electron chi connectivity index (χ4n) is 0.741. The molecule has 2 nitrogen and oxygen atoms in total. The molecule has 0 aliphatic heterocycles. The Morgan fingerprint density at radius 2 is 2.00 bits per heavy atom. The molecule has 0 aromatic heterocycles. The maximum absolute atomic E-state index is 12.5. The molecule has 0 unspecified atom stereocenters. The normalized spacial score (nSPS) is 9.58. The van der Waals surface area contributed by atoms with Gasteiger partial charge in [-0.15, -0.1) is 0 Å². The number of benzene rings is 1. The van der Waals surface area contributed by atoms with Gasteiger partial charge in [-0.2, -0.15) is 0 Å². The quantitative estimate of drug-likeness (QED) is 0.601. The van der Waals surface area contributed by atoms with E-state index in [1.54, 1.807) is 0 Å². The van der Waals surface area contributed by atoms with E-state index >= 15 is 0 Å². The molecule has 0 spiro atoms. The summed E-state index contributed by atoms with van der Waals surface area (Å²) in [5, 5.41) is 0. The average molecular weight is 171 g/mol. The average Bonchev–Trinajstić information content (AvgIpc) is 2.08. The Hall–Kier alpha value is -1.45. The summed E-state index contributed by atoms with van der Waals surface area (Å²) in [6.45, 7) is 0. The SMILES string of the molecule is COC(=O)c1ccc([18F])c(F)c1. The van der Waals surface area contributed by atoms with Gasteiger partial charge < -0.3 is 4.74 Å². The van der Waals surface area contributed by atoms with Crippen molar-refractivity contribution in [1.82, 2.24) is 0 Å². The molecule has 0 bridgehead atoms. The van der Waals surface area contributed by atoms with Crippen molar-refractivity contribution in [2.45, 2.75) is 0 Å². The van der Waals surface area contributed by atoms with Gasteiger partial charge in [0, 0.05) is 0 Å². The summed E-state index contributed by atoms with van der Waals surface area (Å²) in [4.78, 5) is 10.8. The smallest absolute Gasteiger partial charge is 0.337 e. The first kappa shape index (κ1) is 8.64. The maximum atomic E-state index is 12.5. The molecule has 0 N–H and O–H groups in total. The summed E-state index contributed by atoms with van der Waals surface area (Å²) in [5.74, 6) is -2.73. The number of hydrogen-bond acceptors (Lipinski definition) is 2. The fourth-order valence-corrected chi connectivity index (χ4v) is 0.741. The number of hydrogen-bond donors (Lipinski definition) is 0. The lowest BCUT2D eigenvalue weighted by Crippen LogP contribution is -2.01. The predicted molar refractivity (Wildman–Crippen MR) is 37.7 cm³/mol. The first-order chi connectivity index (χ1) is 5.65. The monoisotopic (exact) mass is 171 g/mol. The van der Waals surface area contributed by atoms with Crippen LogP contribution < -0.4 is 0 Å². The second-order valence-electron chi connectivity index (χ2n) is 2.12. The standard InChI is InChI=1S/C8H6F2O2/c1-12-8(11)5-2-3-6(9)7(10)4-5/h2-4H,1H3/i9-1. The van der Waals surface area contributed by atoms with E-state index in [0.29, 0.717) is 0 Å². The molecule has 1 aromatic carbocycles. The molecule has 64 valence electrons. The molecule has 0 fully saturated rings. The van der Waals surface area contributed by atoms with Crippen LogP contribution in [0.3, 0.4) is 0 Å². The second-order valence-corrected chi connectivity index (χ2v) is 2.12. The van der Waals surface area contributed by atoms with Gasteiger partial charge in [-0.05, 0) is 18.2 Å². The number of halogens is 2. The van der Waals surface area contributed by atoms with E-state index in [2.05, 4.69) is 4.74 Å². The van der Waals surface area contributed by atoms with E-state index in [9.17, 15) is 13.6 Å². The molecule has 0 radical (unpaired) electrons. The van der Waals surface area contributed by atoms with E-state index in [-0.39, 0.29) is 5.56 Å². The predicted octanol–water partition coefficient (Wildman–Crippen LogP) is 1.75. The third-order valence-corrected chi connectivity index (χ3v) is 1.34. The minimum atomic E-state index is -1.06. The van der Waals surface area contributed by atoms with Crippen molar-refractivity contribution in [3.8, 4) is 0 Å². The summed E-state index contributed by atoms with van der Waals surface area (Å²) in [5.41, 5.74) is -0.00333. The van der Waals surface area contributed by atoms with Crippen molar-refractivity contribution in [3.05, 3.63) is 35.4 Å². The van der Waals surface area contributed by atoms with Crippen molar-refractivity contribution >= 4 is 5.97 Å². The number of methoxy groups -OCH3 is 1. The number of rotatable bonds is 1. The maximum Gasteiger partial charge on any atom is 0.337 e. The fraction of sp³-hybridized carbons (Fsp3) is 0.125. The van der Waals surface area contributed by atoms with Crippen LogP contribution >= 0.6 is 0 Å².